The maximum absolute atomic E-state index is 9.29. The number of ether oxygens (including phenoxy) is 1. The minimum absolute atomic E-state index is 0.201. The van der Waals surface area contributed by atoms with Crippen molar-refractivity contribution in [1.29, 1.82) is 0 Å². The largest absolute Gasteiger partial charge is 0.393 e. The highest BCUT2D eigenvalue weighted by Gasteiger charge is 2.16. The molecule has 2 unspecified atom stereocenters. The Morgan fingerprint density at radius 2 is 1.92 bits per heavy atom. The fourth-order valence-electron chi connectivity index (χ4n) is 1.34. The maximum Gasteiger partial charge on any atom is 0.0594 e. The topological polar surface area (TPSA) is 32.7 Å². The number of rotatable bonds is 3. The molecule has 0 bridgehead atoms. The van der Waals surface area contributed by atoms with Gasteiger partial charge in [-0.25, -0.2) is 0 Å². The van der Waals surface area contributed by atoms with Crippen LogP contribution in [0.25, 0.3) is 0 Å². The Bertz CT molecular complexity index is 122. The summed E-state index contributed by atoms with van der Waals surface area (Å²) in [5.74, 6) is 0.364. The molecule has 0 aromatic carbocycles. The molecule has 1 N–H and O–H groups in total. The van der Waals surface area contributed by atoms with Crippen molar-refractivity contribution in [3.05, 3.63) is 0 Å². The maximum atomic E-state index is 9.29. The van der Waals surface area contributed by atoms with E-state index in [9.17, 15) is 5.11 Å². The zero-order chi connectivity index (χ0) is 8.97. The Morgan fingerprint density at radius 1 is 1.33 bits per heavy atom. The van der Waals surface area contributed by atoms with Gasteiger partial charge in [0.15, 0.2) is 0 Å². The summed E-state index contributed by atoms with van der Waals surface area (Å²) in [5.41, 5.74) is 0. The van der Waals surface area contributed by atoms with Crippen LogP contribution in [-0.4, -0.2) is 49.0 Å². The first kappa shape index (κ1) is 9.96. The fraction of sp³-hybridized carbons (Fsp3) is 1.00. The lowest BCUT2D eigenvalue weighted by molar-refractivity contribution is 0.0183. The van der Waals surface area contributed by atoms with E-state index >= 15 is 0 Å². The molecule has 1 rings (SSSR count). The van der Waals surface area contributed by atoms with E-state index < -0.39 is 0 Å². The normalized spacial score (nSPS) is 25.2. The summed E-state index contributed by atoms with van der Waals surface area (Å²) in [5, 5.41) is 9.29. The third-order valence-corrected chi connectivity index (χ3v) is 2.47. The van der Waals surface area contributed by atoms with Gasteiger partial charge in [0, 0.05) is 19.6 Å². The van der Waals surface area contributed by atoms with Crippen LogP contribution in [0.2, 0.25) is 0 Å². The van der Waals surface area contributed by atoms with Crippen LogP contribution in [0.3, 0.4) is 0 Å². The van der Waals surface area contributed by atoms with Crippen molar-refractivity contribution >= 4 is 0 Å². The fourth-order valence-corrected chi connectivity index (χ4v) is 1.34. The second-order valence-corrected chi connectivity index (χ2v) is 3.63. The molecule has 0 amide bonds. The predicted molar refractivity (Wildman–Crippen MR) is 48.1 cm³/mol. The van der Waals surface area contributed by atoms with Crippen LogP contribution in [0.15, 0.2) is 0 Å². The summed E-state index contributed by atoms with van der Waals surface area (Å²) in [6.07, 6.45) is -0.201. The molecule has 0 radical (unpaired) electrons. The van der Waals surface area contributed by atoms with Crippen molar-refractivity contribution in [2.24, 2.45) is 5.92 Å². The Hall–Kier alpha value is -0.120. The van der Waals surface area contributed by atoms with Crippen molar-refractivity contribution in [3.63, 3.8) is 0 Å². The van der Waals surface area contributed by atoms with Gasteiger partial charge in [0.1, 0.15) is 0 Å². The minimum atomic E-state index is -0.201. The molecule has 1 fully saturated rings. The lowest BCUT2D eigenvalue weighted by Crippen LogP contribution is -2.40. The third kappa shape index (κ3) is 3.09. The second-order valence-electron chi connectivity index (χ2n) is 3.63. The van der Waals surface area contributed by atoms with Gasteiger partial charge in [-0.1, -0.05) is 6.92 Å². The Balaban J connectivity index is 2.20. The molecule has 0 saturated carbocycles. The molecule has 0 spiro atoms. The van der Waals surface area contributed by atoms with E-state index in [1.807, 2.05) is 6.92 Å². The summed E-state index contributed by atoms with van der Waals surface area (Å²) in [6.45, 7) is 8.62. The summed E-state index contributed by atoms with van der Waals surface area (Å²) in [4.78, 5) is 2.35. The summed E-state index contributed by atoms with van der Waals surface area (Å²) in [7, 11) is 0. The Labute approximate surface area is 74.3 Å². The van der Waals surface area contributed by atoms with E-state index in [0.29, 0.717) is 5.92 Å². The molecule has 1 aliphatic rings. The highest BCUT2D eigenvalue weighted by atomic mass is 16.5. The lowest BCUT2D eigenvalue weighted by Gasteiger charge is -2.29. The molecule has 0 aliphatic carbocycles. The molecule has 0 aromatic heterocycles. The number of aliphatic hydroxyl groups is 1. The van der Waals surface area contributed by atoms with E-state index in [1.54, 1.807) is 0 Å². The van der Waals surface area contributed by atoms with Crippen LogP contribution >= 0.6 is 0 Å². The van der Waals surface area contributed by atoms with Crippen molar-refractivity contribution in [1.82, 2.24) is 4.90 Å². The molecule has 2 atom stereocenters. The molecule has 3 heteroatoms. The van der Waals surface area contributed by atoms with E-state index in [2.05, 4.69) is 11.8 Å². The average Bonchev–Trinajstić information content (AvgIpc) is 2.06. The van der Waals surface area contributed by atoms with Crippen LogP contribution in [-0.2, 0) is 4.74 Å². The van der Waals surface area contributed by atoms with Gasteiger partial charge in [-0.05, 0) is 12.8 Å². The molecular formula is C9H19NO2. The van der Waals surface area contributed by atoms with Gasteiger partial charge in [0.2, 0.25) is 0 Å². The molecule has 0 aromatic rings. The number of hydrogen-bond acceptors (Lipinski definition) is 3. The van der Waals surface area contributed by atoms with Gasteiger partial charge < -0.3 is 9.84 Å². The van der Waals surface area contributed by atoms with Gasteiger partial charge in [-0.2, -0.15) is 0 Å². The van der Waals surface area contributed by atoms with Crippen molar-refractivity contribution in [3.8, 4) is 0 Å². The third-order valence-electron chi connectivity index (χ3n) is 2.47. The molecule has 12 heavy (non-hydrogen) atoms. The van der Waals surface area contributed by atoms with Crippen molar-refractivity contribution in [2.75, 3.05) is 32.8 Å². The van der Waals surface area contributed by atoms with Crippen LogP contribution in [0, 0.1) is 5.92 Å². The first-order chi connectivity index (χ1) is 5.70. The van der Waals surface area contributed by atoms with E-state index in [0.717, 1.165) is 32.8 Å². The zero-order valence-corrected chi connectivity index (χ0v) is 7.99. The predicted octanol–water partition coefficient (Wildman–Crippen LogP) is 0.335. The number of aliphatic hydroxyl groups excluding tert-OH is 1. The zero-order valence-electron chi connectivity index (χ0n) is 7.99. The van der Waals surface area contributed by atoms with E-state index in [4.69, 9.17) is 4.74 Å². The van der Waals surface area contributed by atoms with Crippen molar-refractivity contribution < 1.29 is 9.84 Å². The summed E-state index contributed by atoms with van der Waals surface area (Å²) >= 11 is 0. The molecule has 1 aliphatic heterocycles. The first-order valence-corrected chi connectivity index (χ1v) is 4.68. The van der Waals surface area contributed by atoms with Gasteiger partial charge >= 0.3 is 0 Å². The van der Waals surface area contributed by atoms with Gasteiger partial charge in [0.25, 0.3) is 0 Å². The minimum Gasteiger partial charge on any atom is -0.393 e. The summed E-state index contributed by atoms with van der Waals surface area (Å²) in [6, 6.07) is 0. The van der Waals surface area contributed by atoms with E-state index in [1.165, 1.54) is 0 Å². The van der Waals surface area contributed by atoms with E-state index in [-0.39, 0.29) is 6.10 Å². The quantitative estimate of drug-likeness (QED) is 0.668. The average molecular weight is 173 g/mol. The van der Waals surface area contributed by atoms with Gasteiger partial charge in [-0.15, -0.1) is 0 Å². The highest BCUT2D eigenvalue weighted by molar-refractivity contribution is 4.68. The smallest absolute Gasteiger partial charge is 0.0594 e. The number of morpholine rings is 1. The Morgan fingerprint density at radius 3 is 2.42 bits per heavy atom. The van der Waals surface area contributed by atoms with Crippen LogP contribution in [0.1, 0.15) is 13.8 Å². The molecule has 1 heterocycles. The Kier molecular flexibility index (Phi) is 3.98. The van der Waals surface area contributed by atoms with Crippen molar-refractivity contribution in [2.45, 2.75) is 20.0 Å². The first-order valence-electron chi connectivity index (χ1n) is 4.68. The molecule has 72 valence electrons. The SMILES string of the molecule is CC(O)C(C)CN1CCOCC1. The molecular weight excluding hydrogens is 154 g/mol. The second kappa shape index (κ2) is 4.80. The highest BCUT2D eigenvalue weighted by Crippen LogP contribution is 2.06. The van der Waals surface area contributed by atoms with Gasteiger partial charge in [-0.3, -0.25) is 4.90 Å². The summed E-state index contributed by atoms with van der Waals surface area (Å²) < 4.78 is 5.24. The van der Waals surface area contributed by atoms with Crippen LogP contribution in [0.4, 0.5) is 0 Å². The monoisotopic (exact) mass is 173 g/mol. The van der Waals surface area contributed by atoms with Crippen LogP contribution < -0.4 is 0 Å². The standard InChI is InChI=1S/C9H19NO2/c1-8(9(2)11)7-10-3-5-12-6-4-10/h8-9,11H,3-7H2,1-2H3. The lowest BCUT2D eigenvalue weighted by atomic mass is 10.1. The van der Waals surface area contributed by atoms with Gasteiger partial charge in [0.05, 0.1) is 19.3 Å². The molecule has 1 saturated heterocycles. The van der Waals surface area contributed by atoms with Crippen LogP contribution in [0.5, 0.6) is 0 Å². The number of nitrogens with zero attached hydrogens (tertiary/aromatic N) is 1. The number of hydrogen-bond donors (Lipinski definition) is 1. The molecule has 3 nitrogen and oxygen atoms in total.